The third kappa shape index (κ3) is 2.31. The molecule has 0 aliphatic carbocycles. The monoisotopic (exact) mass is 254 g/mol. The number of hydrazine groups is 2. The Balaban J connectivity index is 1.97. The van der Waals surface area contributed by atoms with Crippen molar-refractivity contribution in [1.82, 2.24) is 10.7 Å². The zero-order chi connectivity index (χ0) is 13.1. The molecule has 0 unspecified atom stereocenters. The summed E-state index contributed by atoms with van der Waals surface area (Å²) >= 11 is 0. The molecule has 2 aromatic carbocycles. The number of hydrogen-bond acceptors (Lipinski definition) is 5. The predicted molar refractivity (Wildman–Crippen MR) is 73.4 cm³/mol. The van der Waals surface area contributed by atoms with Gasteiger partial charge in [0.15, 0.2) is 0 Å². The van der Waals surface area contributed by atoms with Gasteiger partial charge in [-0.05, 0) is 24.3 Å². The normalized spacial score (nSPS) is 14.4. The molecule has 96 valence electrons. The van der Waals surface area contributed by atoms with E-state index < -0.39 is 0 Å². The molecule has 0 saturated heterocycles. The molecule has 5 nitrogen and oxygen atoms in total. The molecule has 0 amide bonds. The molecule has 0 fully saturated rings. The smallest absolute Gasteiger partial charge is 0.231 e. The fourth-order valence-electron chi connectivity index (χ4n) is 1.87. The van der Waals surface area contributed by atoms with Crippen LogP contribution in [0.15, 0.2) is 72.7 Å². The second kappa shape index (κ2) is 4.91. The molecule has 1 heterocycles. The molecule has 0 aromatic heterocycles. The largest absolute Gasteiger partial charge is 0.367 e. The van der Waals surface area contributed by atoms with Crippen molar-refractivity contribution in [3.63, 3.8) is 0 Å². The van der Waals surface area contributed by atoms with E-state index in [2.05, 4.69) is 5.43 Å². The van der Waals surface area contributed by atoms with Crippen LogP contribution in [0.2, 0.25) is 0 Å². The molecule has 0 saturated carbocycles. The quantitative estimate of drug-likeness (QED) is 0.879. The average Bonchev–Trinajstić information content (AvgIpc) is 2.88. The molecule has 2 aromatic rings. The van der Waals surface area contributed by atoms with E-state index in [9.17, 15) is 0 Å². The van der Waals surface area contributed by atoms with Crippen LogP contribution in [-0.2, 0) is 4.84 Å². The van der Waals surface area contributed by atoms with E-state index in [1.165, 1.54) is 5.28 Å². The van der Waals surface area contributed by atoms with Crippen molar-refractivity contribution in [1.29, 1.82) is 0 Å². The maximum Gasteiger partial charge on any atom is 0.231 e. The summed E-state index contributed by atoms with van der Waals surface area (Å²) in [6, 6.07) is 19.8. The summed E-state index contributed by atoms with van der Waals surface area (Å²) in [4.78, 5) is 5.42. The van der Waals surface area contributed by atoms with Gasteiger partial charge >= 0.3 is 0 Å². The SMILES string of the molecule is NC1=CNN(N(c2ccccc2)c2ccccc2)O1. The average molecular weight is 254 g/mol. The number of benzene rings is 2. The Morgan fingerprint density at radius 2 is 1.42 bits per heavy atom. The molecular weight excluding hydrogens is 240 g/mol. The number of para-hydroxylation sites is 2. The van der Waals surface area contributed by atoms with Crippen molar-refractivity contribution in [2.75, 3.05) is 5.01 Å². The van der Waals surface area contributed by atoms with Gasteiger partial charge in [-0.3, -0.25) is 5.43 Å². The van der Waals surface area contributed by atoms with Gasteiger partial charge < -0.3 is 10.6 Å². The summed E-state index contributed by atoms with van der Waals surface area (Å²) in [6.45, 7) is 0. The van der Waals surface area contributed by atoms with Crippen LogP contribution in [0.4, 0.5) is 11.4 Å². The first kappa shape index (κ1) is 11.4. The Labute approximate surface area is 111 Å². The Hall–Kier alpha value is -2.66. The van der Waals surface area contributed by atoms with Crippen molar-refractivity contribution >= 4 is 11.4 Å². The van der Waals surface area contributed by atoms with Crippen LogP contribution in [-0.4, -0.2) is 5.28 Å². The molecule has 0 bridgehead atoms. The molecule has 3 N–H and O–H groups in total. The molecule has 5 heteroatoms. The summed E-state index contributed by atoms with van der Waals surface area (Å²) in [5.74, 6) is 0.317. The number of nitrogens with one attached hydrogen (secondary N) is 1. The topological polar surface area (TPSA) is 53.8 Å². The third-order valence-electron chi connectivity index (χ3n) is 2.69. The third-order valence-corrected chi connectivity index (χ3v) is 2.69. The molecule has 3 rings (SSSR count). The van der Waals surface area contributed by atoms with Crippen LogP contribution in [0.1, 0.15) is 0 Å². The highest BCUT2D eigenvalue weighted by molar-refractivity contribution is 5.61. The van der Waals surface area contributed by atoms with Gasteiger partial charge in [0, 0.05) is 0 Å². The lowest BCUT2D eigenvalue weighted by atomic mass is 10.2. The van der Waals surface area contributed by atoms with Crippen LogP contribution >= 0.6 is 0 Å². The van der Waals surface area contributed by atoms with Gasteiger partial charge in [0.2, 0.25) is 5.88 Å². The Kier molecular flexibility index (Phi) is 2.96. The Morgan fingerprint density at radius 1 is 0.895 bits per heavy atom. The second-order valence-electron chi connectivity index (χ2n) is 4.02. The molecule has 1 aliphatic rings. The van der Waals surface area contributed by atoms with Crippen molar-refractivity contribution in [3.8, 4) is 0 Å². The summed E-state index contributed by atoms with van der Waals surface area (Å²) in [5.41, 5.74) is 10.5. The van der Waals surface area contributed by atoms with E-state index in [0.29, 0.717) is 5.88 Å². The minimum atomic E-state index is 0.317. The molecule has 0 spiro atoms. The number of rotatable bonds is 3. The molecular formula is C14H14N4O. The Morgan fingerprint density at radius 3 is 1.84 bits per heavy atom. The van der Waals surface area contributed by atoms with Gasteiger partial charge in [0.1, 0.15) is 0 Å². The van der Waals surface area contributed by atoms with Crippen LogP contribution in [0, 0.1) is 0 Å². The number of nitrogens with two attached hydrogens (primary N) is 1. The summed E-state index contributed by atoms with van der Waals surface area (Å²) in [5, 5.41) is 3.37. The lowest BCUT2D eigenvalue weighted by molar-refractivity contribution is -0.127. The zero-order valence-corrected chi connectivity index (χ0v) is 10.2. The van der Waals surface area contributed by atoms with E-state index in [0.717, 1.165) is 11.4 Å². The van der Waals surface area contributed by atoms with Gasteiger partial charge in [0.25, 0.3) is 0 Å². The number of nitrogens with zero attached hydrogens (tertiary/aromatic N) is 2. The zero-order valence-electron chi connectivity index (χ0n) is 10.2. The first-order valence-electron chi connectivity index (χ1n) is 5.94. The first-order valence-corrected chi connectivity index (χ1v) is 5.94. The fraction of sp³-hybridized carbons (Fsp3) is 0. The van der Waals surface area contributed by atoms with Crippen LogP contribution < -0.4 is 16.2 Å². The lowest BCUT2D eigenvalue weighted by Gasteiger charge is -2.30. The summed E-state index contributed by atoms with van der Waals surface area (Å²) in [7, 11) is 0. The van der Waals surface area contributed by atoms with Gasteiger partial charge in [0.05, 0.1) is 22.9 Å². The van der Waals surface area contributed by atoms with E-state index in [1.807, 2.05) is 65.7 Å². The standard InChI is InChI=1S/C14H14N4O/c15-14-11-16-18(19-14)17(12-7-3-1-4-8-12)13-9-5-2-6-10-13/h1-11,16H,15H2. The van der Waals surface area contributed by atoms with E-state index in [4.69, 9.17) is 10.6 Å². The van der Waals surface area contributed by atoms with Crippen LogP contribution in [0.25, 0.3) is 0 Å². The predicted octanol–water partition coefficient (Wildman–Crippen LogP) is 2.25. The highest BCUT2D eigenvalue weighted by Crippen LogP contribution is 2.27. The molecule has 0 radical (unpaired) electrons. The molecule has 0 atom stereocenters. The molecule has 1 aliphatic heterocycles. The number of anilines is 2. The van der Waals surface area contributed by atoms with Gasteiger partial charge in [-0.25, -0.2) is 5.01 Å². The van der Waals surface area contributed by atoms with Crippen LogP contribution in [0.5, 0.6) is 0 Å². The van der Waals surface area contributed by atoms with Crippen molar-refractivity contribution in [3.05, 3.63) is 72.7 Å². The molecule has 19 heavy (non-hydrogen) atoms. The van der Waals surface area contributed by atoms with Gasteiger partial charge in [-0.1, -0.05) is 36.4 Å². The van der Waals surface area contributed by atoms with Crippen molar-refractivity contribution in [2.45, 2.75) is 0 Å². The van der Waals surface area contributed by atoms with Crippen LogP contribution in [0.3, 0.4) is 0 Å². The van der Waals surface area contributed by atoms with Gasteiger partial charge in [-0.2, -0.15) is 0 Å². The first-order chi connectivity index (χ1) is 9.34. The van der Waals surface area contributed by atoms with Crippen molar-refractivity contribution in [2.24, 2.45) is 5.73 Å². The minimum absolute atomic E-state index is 0.317. The van der Waals surface area contributed by atoms with E-state index >= 15 is 0 Å². The fourth-order valence-corrected chi connectivity index (χ4v) is 1.87. The van der Waals surface area contributed by atoms with E-state index in [-0.39, 0.29) is 0 Å². The van der Waals surface area contributed by atoms with Crippen molar-refractivity contribution < 1.29 is 4.84 Å². The Bertz CT molecular complexity index is 531. The summed E-state index contributed by atoms with van der Waals surface area (Å²) in [6.07, 6.45) is 1.60. The maximum absolute atomic E-state index is 5.63. The number of hydrogen-bond donors (Lipinski definition) is 2. The van der Waals surface area contributed by atoms with Gasteiger partial charge in [-0.15, -0.1) is 0 Å². The van der Waals surface area contributed by atoms with E-state index in [1.54, 1.807) is 6.20 Å². The highest BCUT2D eigenvalue weighted by atomic mass is 16.8. The summed E-state index contributed by atoms with van der Waals surface area (Å²) < 4.78 is 0. The maximum atomic E-state index is 5.63. The second-order valence-corrected chi connectivity index (χ2v) is 4.02. The minimum Gasteiger partial charge on any atom is -0.367 e. The highest BCUT2D eigenvalue weighted by Gasteiger charge is 2.23. The lowest BCUT2D eigenvalue weighted by Crippen LogP contribution is -2.43.